The lowest BCUT2D eigenvalue weighted by molar-refractivity contribution is 0.0670. The minimum atomic E-state index is 0.132. The minimum absolute atomic E-state index is 0.132. The molecule has 0 heterocycles. The molecule has 1 atom stereocenters. The summed E-state index contributed by atoms with van der Waals surface area (Å²) in [7, 11) is 0. The van der Waals surface area contributed by atoms with Crippen molar-refractivity contribution in [2.45, 2.75) is 78.3 Å². The summed E-state index contributed by atoms with van der Waals surface area (Å²) in [5, 5.41) is 0. The molecule has 0 spiro atoms. The second kappa shape index (κ2) is 6.91. The van der Waals surface area contributed by atoms with Gasteiger partial charge in [-0.3, -0.25) is 4.90 Å². The van der Waals surface area contributed by atoms with E-state index in [9.17, 15) is 0 Å². The summed E-state index contributed by atoms with van der Waals surface area (Å²) in [5.41, 5.74) is 6.76. The van der Waals surface area contributed by atoms with Gasteiger partial charge in [0.25, 0.3) is 0 Å². The van der Waals surface area contributed by atoms with Gasteiger partial charge in [-0.15, -0.1) is 0 Å². The highest BCUT2D eigenvalue weighted by Crippen LogP contribution is 2.35. The van der Waals surface area contributed by atoms with Crippen LogP contribution in [0, 0.1) is 11.8 Å². The molecule has 1 fully saturated rings. The lowest BCUT2D eigenvalue weighted by Crippen LogP contribution is -2.59. The summed E-state index contributed by atoms with van der Waals surface area (Å²) in [6, 6.07) is 0.315. The number of rotatable bonds is 6. The first-order valence-corrected chi connectivity index (χ1v) is 7.97. The van der Waals surface area contributed by atoms with Gasteiger partial charge in [-0.05, 0) is 51.6 Å². The predicted molar refractivity (Wildman–Crippen MR) is 80.7 cm³/mol. The van der Waals surface area contributed by atoms with Gasteiger partial charge in [0.15, 0.2) is 0 Å². The molecule has 18 heavy (non-hydrogen) atoms. The third-order valence-corrected chi connectivity index (χ3v) is 5.37. The minimum Gasteiger partial charge on any atom is -0.326 e. The Morgan fingerprint density at radius 3 is 1.94 bits per heavy atom. The Kier molecular flexibility index (Phi) is 6.13. The molecular formula is C16H34N2. The van der Waals surface area contributed by atoms with Gasteiger partial charge in [-0.1, -0.05) is 40.0 Å². The molecule has 2 heteroatoms. The van der Waals surface area contributed by atoms with Crippen LogP contribution in [0.3, 0.4) is 0 Å². The Balaban J connectivity index is 2.60. The van der Waals surface area contributed by atoms with Crippen LogP contribution in [0.15, 0.2) is 0 Å². The highest BCUT2D eigenvalue weighted by Gasteiger charge is 2.37. The van der Waals surface area contributed by atoms with Gasteiger partial charge in [0, 0.05) is 11.6 Å². The van der Waals surface area contributed by atoms with E-state index in [1.165, 1.54) is 32.1 Å². The van der Waals surface area contributed by atoms with E-state index < -0.39 is 0 Å². The van der Waals surface area contributed by atoms with Crippen molar-refractivity contribution in [3.8, 4) is 0 Å². The third-order valence-electron chi connectivity index (χ3n) is 5.37. The van der Waals surface area contributed by atoms with Crippen molar-refractivity contribution in [2.24, 2.45) is 17.6 Å². The van der Waals surface area contributed by atoms with Gasteiger partial charge in [0.1, 0.15) is 0 Å². The molecule has 0 aromatic heterocycles. The van der Waals surface area contributed by atoms with E-state index in [4.69, 9.17) is 5.73 Å². The molecule has 0 bridgehead atoms. The van der Waals surface area contributed by atoms with Crippen LogP contribution in [0.5, 0.6) is 0 Å². The van der Waals surface area contributed by atoms with Crippen LogP contribution in [-0.2, 0) is 0 Å². The molecule has 0 aromatic rings. The Labute approximate surface area is 114 Å². The molecule has 1 unspecified atom stereocenters. The summed E-state index contributed by atoms with van der Waals surface area (Å²) in [5.74, 6) is 1.69. The molecule has 1 aliphatic carbocycles. The van der Waals surface area contributed by atoms with Crippen molar-refractivity contribution in [2.75, 3.05) is 13.1 Å². The van der Waals surface area contributed by atoms with Gasteiger partial charge in [0.2, 0.25) is 0 Å². The van der Waals surface area contributed by atoms with E-state index >= 15 is 0 Å². The van der Waals surface area contributed by atoms with Crippen molar-refractivity contribution in [1.29, 1.82) is 0 Å². The average molecular weight is 254 g/mol. The Morgan fingerprint density at radius 1 is 1.06 bits per heavy atom. The van der Waals surface area contributed by atoms with Crippen LogP contribution in [0.25, 0.3) is 0 Å². The topological polar surface area (TPSA) is 29.3 Å². The molecule has 2 nitrogen and oxygen atoms in total. The van der Waals surface area contributed by atoms with Crippen LogP contribution in [0.1, 0.15) is 66.7 Å². The predicted octanol–water partition coefficient (Wildman–Crippen LogP) is 3.65. The quantitative estimate of drug-likeness (QED) is 0.784. The first-order valence-electron chi connectivity index (χ1n) is 7.97. The van der Waals surface area contributed by atoms with Gasteiger partial charge in [-0.2, -0.15) is 0 Å². The fourth-order valence-corrected chi connectivity index (χ4v) is 3.78. The molecule has 0 radical (unpaired) electrons. The highest BCUT2D eigenvalue weighted by atomic mass is 15.2. The third kappa shape index (κ3) is 3.48. The zero-order valence-electron chi connectivity index (χ0n) is 13.2. The second-order valence-corrected chi connectivity index (χ2v) is 6.54. The first-order chi connectivity index (χ1) is 8.47. The molecule has 0 aliphatic heterocycles. The lowest BCUT2D eigenvalue weighted by atomic mass is 9.72. The molecule has 1 rings (SSSR count). The maximum absolute atomic E-state index is 6.62. The van der Waals surface area contributed by atoms with Crippen LogP contribution < -0.4 is 5.73 Å². The zero-order valence-corrected chi connectivity index (χ0v) is 13.2. The van der Waals surface area contributed by atoms with E-state index in [1.54, 1.807) is 0 Å². The van der Waals surface area contributed by atoms with Gasteiger partial charge in [-0.25, -0.2) is 0 Å². The highest BCUT2D eigenvalue weighted by molar-refractivity contribution is 4.96. The van der Waals surface area contributed by atoms with Crippen LogP contribution in [0.2, 0.25) is 0 Å². The normalized spacial score (nSPS) is 27.5. The van der Waals surface area contributed by atoms with E-state index in [0.717, 1.165) is 24.9 Å². The zero-order chi connectivity index (χ0) is 13.8. The van der Waals surface area contributed by atoms with Crippen molar-refractivity contribution in [1.82, 2.24) is 4.90 Å². The molecule has 2 N–H and O–H groups in total. The maximum atomic E-state index is 6.62. The van der Waals surface area contributed by atoms with Crippen molar-refractivity contribution in [3.05, 3.63) is 0 Å². The maximum Gasteiger partial charge on any atom is 0.0306 e. The smallest absolute Gasteiger partial charge is 0.0306 e. The Hall–Kier alpha value is -0.0800. The Morgan fingerprint density at radius 2 is 1.56 bits per heavy atom. The summed E-state index contributed by atoms with van der Waals surface area (Å²) in [6.45, 7) is 13.7. The van der Waals surface area contributed by atoms with E-state index in [0.29, 0.717) is 6.04 Å². The van der Waals surface area contributed by atoms with E-state index in [-0.39, 0.29) is 5.54 Å². The van der Waals surface area contributed by atoms with E-state index in [2.05, 4.69) is 39.5 Å². The monoisotopic (exact) mass is 254 g/mol. The lowest BCUT2D eigenvalue weighted by Gasteiger charge is -2.46. The summed E-state index contributed by atoms with van der Waals surface area (Å²) < 4.78 is 0. The van der Waals surface area contributed by atoms with Crippen molar-refractivity contribution < 1.29 is 0 Å². The molecule has 0 aromatic carbocycles. The molecule has 1 aliphatic rings. The second-order valence-electron chi connectivity index (χ2n) is 6.54. The summed E-state index contributed by atoms with van der Waals surface area (Å²) in [6.07, 6.45) is 6.81. The van der Waals surface area contributed by atoms with Crippen LogP contribution in [0.4, 0.5) is 0 Å². The average Bonchev–Trinajstić information content (AvgIpc) is 2.39. The SMILES string of the molecule is CCC1CCC(C(N)C(C)(C)N(CC)CC)CC1. The number of nitrogens with zero attached hydrogens (tertiary/aromatic N) is 1. The summed E-state index contributed by atoms with van der Waals surface area (Å²) in [4.78, 5) is 2.52. The standard InChI is InChI=1S/C16H34N2/c1-6-13-9-11-14(12-10-13)15(17)16(4,5)18(7-2)8-3/h13-15H,6-12,17H2,1-5H3. The van der Waals surface area contributed by atoms with Gasteiger partial charge < -0.3 is 5.73 Å². The molecule has 0 saturated heterocycles. The molecule has 0 amide bonds. The van der Waals surface area contributed by atoms with Crippen molar-refractivity contribution >= 4 is 0 Å². The first kappa shape index (κ1) is 16.0. The number of hydrogen-bond acceptors (Lipinski definition) is 2. The fourth-order valence-electron chi connectivity index (χ4n) is 3.78. The van der Waals surface area contributed by atoms with Gasteiger partial charge >= 0.3 is 0 Å². The van der Waals surface area contributed by atoms with Crippen LogP contribution >= 0.6 is 0 Å². The number of nitrogens with two attached hydrogens (primary N) is 1. The van der Waals surface area contributed by atoms with Crippen molar-refractivity contribution in [3.63, 3.8) is 0 Å². The van der Waals surface area contributed by atoms with Gasteiger partial charge in [0.05, 0.1) is 0 Å². The number of hydrogen-bond donors (Lipinski definition) is 1. The number of likely N-dealkylation sites (N-methyl/N-ethyl adjacent to an activating group) is 1. The molecular weight excluding hydrogens is 220 g/mol. The molecule has 1 saturated carbocycles. The van der Waals surface area contributed by atoms with Crippen LogP contribution in [-0.4, -0.2) is 29.6 Å². The fraction of sp³-hybridized carbons (Fsp3) is 1.00. The largest absolute Gasteiger partial charge is 0.326 e. The van der Waals surface area contributed by atoms with E-state index in [1.807, 2.05) is 0 Å². The Bertz CT molecular complexity index is 225. The summed E-state index contributed by atoms with van der Waals surface area (Å²) >= 11 is 0. The molecule has 108 valence electrons.